The molecule has 0 saturated heterocycles. The number of fused-ring (bicyclic) bond motifs is 1. The van der Waals surface area contributed by atoms with Gasteiger partial charge >= 0.3 is 5.97 Å². The largest absolute Gasteiger partial charge is 0.480 e. The number of hydrogen-bond donors (Lipinski definition) is 2. The summed E-state index contributed by atoms with van der Waals surface area (Å²) in [5.41, 5.74) is 1.25. The highest BCUT2D eigenvalue weighted by Crippen LogP contribution is 2.28. The fraction of sp³-hybridized carbons (Fsp3) is 0.143. The van der Waals surface area contributed by atoms with Crippen LogP contribution in [0.5, 0.6) is 0 Å². The number of nitrogens with one attached hydrogen (secondary N) is 1. The van der Waals surface area contributed by atoms with Crippen molar-refractivity contribution in [3.8, 4) is 12.3 Å². The lowest BCUT2D eigenvalue weighted by molar-refractivity contribution is -0.139. The highest BCUT2D eigenvalue weighted by molar-refractivity contribution is 9.10. The Morgan fingerprint density at radius 3 is 3.00 bits per heavy atom. The van der Waals surface area contributed by atoms with Gasteiger partial charge in [-0.25, -0.2) is 0 Å². The lowest BCUT2D eigenvalue weighted by Gasteiger charge is -2.15. The highest BCUT2D eigenvalue weighted by Gasteiger charge is 2.22. The number of carboxylic acid groups (broad SMARTS) is 1. The van der Waals surface area contributed by atoms with E-state index in [1.807, 2.05) is 18.2 Å². The third-order valence-corrected chi connectivity index (χ3v) is 3.41. The van der Waals surface area contributed by atoms with E-state index in [4.69, 9.17) is 6.42 Å². The molecule has 0 aliphatic heterocycles. The first-order valence-electron chi connectivity index (χ1n) is 5.58. The summed E-state index contributed by atoms with van der Waals surface area (Å²) in [6.45, 7) is 0.182. The Bertz CT molecular complexity index is 664. The quantitative estimate of drug-likeness (QED) is 0.849. The lowest BCUT2D eigenvalue weighted by atomic mass is 10.0. The number of terminal acetylenes is 1. The van der Waals surface area contributed by atoms with Crippen molar-refractivity contribution < 1.29 is 9.90 Å². The second-order valence-corrected chi connectivity index (χ2v) is 4.75. The molecule has 4 nitrogen and oxygen atoms in total. The molecule has 96 valence electrons. The zero-order valence-corrected chi connectivity index (χ0v) is 11.5. The first-order chi connectivity index (χ1) is 9.15. The van der Waals surface area contributed by atoms with Crippen LogP contribution in [-0.4, -0.2) is 22.6 Å². The van der Waals surface area contributed by atoms with Crippen LogP contribution in [0.1, 0.15) is 11.6 Å². The van der Waals surface area contributed by atoms with Crippen LogP contribution in [0, 0.1) is 12.3 Å². The zero-order chi connectivity index (χ0) is 13.8. The number of carboxylic acids is 1. The average molecular weight is 319 g/mol. The molecule has 1 atom stereocenters. The summed E-state index contributed by atoms with van der Waals surface area (Å²) in [6.07, 6.45) is 6.80. The third kappa shape index (κ3) is 2.75. The smallest absolute Gasteiger partial charge is 0.325 e. The van der Waals surface area contributed by atoms with Gasteiger partial charge in [0.25, 0.3) is 0 Å². The van der Waals surface area contributed by atoms with E-state index in [0.717, 1.165) is 9.86 Å². The van der Waals surface area contributed by atoms with E-state index in [9.17, 15) is 9.90 Å². The van der Waals surface area contributed by atoms with Gasteiger partial charge in [-0.2, -0.15) is 0 Å². The van der Waals surface area contributed by atoms with Gasteiger partial charge in [0.05, 0.1) is 12.1 Å². The maximum absolute atomic E-state index is 11.4. The maximum atomic E-state index is 11.4. The third-order valence-electron chi connectivity index (χ3n) is 2.71. The average Bonchev–Trinajstić information content (AvgIpc) is 2.41. The topological polar surface area (TPSA) is 62.2 Å². The lowest BCUT2D eigenvalue weighted by Crippen LogP contribution is -2.29. The molecule has 0 fully saturated rings. The molecule has 2 aromatic rings. The molecule has 5 heteroatoms. The van der Waals surface area contributed by atoms with E-state index in [-0.39, 0.29) is 6.54 Å². The van der Waals surface area contributed by atoms with Crippen molar-refractivity contribution >= 4 is 32.8 Å². The van der Waals surface area contributed by atoms with E-state index in [0.29, 0.717) is 11.1 Å². The van der Waals surface area contributed by atoms with Crippen LogP contribution in [0.25, 0.3) is 10.9 Å². The molecule has 19 heavy (non-hydrogen) atoms. The first kappa shape index (κ1) is 13.5. The van der Waals surface area contributed by atoms with Gasteiger partial charge in [-0.1, -0.05) is 34.0 Å². The van der Waals surface area contributed by atoms with Crippen LogP contribution in [0.15, 0.2) is 34.9 Å². The summed E-state index contributed by atoms with van der Waals surface area (Å²) < 4.78 is 0.875. The van der Waals surface area contributed by atoms with Crippen molar-refractivity contribution in [2.45, 2.75) is 6.04 Å². The first-order valence-corrected chi connectivity index (χ1v) is 6.37. The van der Waals surface area contributed by atoms with E-state index in [2.05, 4.69) is 32.2 Å². The molecule has 0 spiro atoms. The Morgan fingerprint density at radius 1 is 1.53 bits per heavy atom. The van der Waals surface area contributed by atoms with E-state index in [1.54, 1.807) is 12.3 Å². The standard InChI is InChI=1S/C14H11BrN2O2/c1-2-7-16-13(14(18)19)10-5-6-11(15)9-4-3-8-17-12(9)10/h1,3-6,8,13,16H,7H2,(H,18,19). The number of rotatable bonds is 4. The van der Waals surface area contributed by atoms with Crippen molar-refractivity contribution in [3.05, 3.63) is 40.5 Å². The van der Waals surface area contributed by atoms with Crippen molar-refractivity contribution in [1.29, 1.82) is 0 Å². The van der Waals surface area contributed by atoms with Gasteiger partial charge in [0.1, 0.15) is 6.04 Å². The molecule has 0 saturated carbocycles. The van der Waals surface area contributed by atoms with Gasteiger partial charge in [0.2, 0.25) is 0 Å². The number of aliphatic carboxylic acids is 1. The fourth-order valence-corrected chi connectivity index (χ4v) is 2.34. The van der Waals surface area contributed by atoms with E-state index < -0.39 is 12.0 Å². The normalized spacial score (nSPS) is 12.0. The molecule has 2 N–H and O–H groups in total. The Hall–Kier alpha value is -1.90. The van der Waals surface area contributed by atoms with Gasteiger partial charge in [-0.15, -0.1) is 6.42 Å². The number of halogens is 1. The number of pyridine rings is 1. The van der Waals surface area contributed by atoms with Crippen molar-refractivity contribution in [3.63, 3.8) is 0 Å². The van der Waals surface area contributed by atoms with Crippen molar-refractivity contribution in [2.24, 2.45) is 0 Å². The van der Waals surface area contributed by atoms with Crippen LogP contribution in [0.3, 0.4) is 0 Å². The summed E-state index contributed by atoms with van der Waals surface area (Å²) in [7, 11) is 0. The second kappa shape index (κ2) is 5.83. The molecule has 1 aromatic carbocycles. The van der Waals surface area contributed by atoms with Crippen LogP contribution in [-0.2, 0) is 4.79 Å². The number of hydrogen-bond acceptors (Lipinski definition) is 3. The van der Waals surface area contributed by atoms with Gasteiger partial charge in [-0.05, 0) is 12.1 Å². The molecule has 2 rings (SSSR count). The number of nitrogens with zero attached hydrogens (tertiary/aromatic N) is 1. The molecule has 0 aliphatic carbocycles. The molecule has 1 heterocycles. The maximum Gasteiger partial charge on any atom is 0.325 e. The number of carbonyl (C=O) groups is 1. The summed E-state index contributed by atoms with van der Waals surface area (Å²) in [5.74, 6) is 1.40. The molecule has 0 bridgehead atoms. The molecular formula is C14H11BrN2O2. The predicted molar refractivity (Wildman–Crippen MR) is 76.7 cm³/mol. The van der Waals surface area contributed by atoms with Crippen molar-refractivity contribution in [1.82, 2.24) is 10.3 Å². The molecule has 0 aliphatic rings. The van der Waals surface area contributed by atoms with Gasteiger partial charge < -0.3 is 5.11 Å². The second-order valence-electron chi connectivity index (χ2n) is 3.89. The molecular weight excluding hydrogens is 308 g/mol. The highest BCUT2D eigenvalue weighted by atomic mass is 79.9. The Balaban J connectivity index is 2.57. The fourth-order valence-electron chi connectivity index (χ4n) is 1.88. The minimum atomic E-state index is -0.982. The molecule has 0 radical (unpaired) electrons. The van der Waals surface area contributed by atoms with Crippen LogP contribution in [0.4, 0.5) is 0 Å². The van der Waals surface area contributed by atoms with Gasteiger partial charge in [0.15, 0.2) is 0 Å². The SMILES string of the molecule is C#CCNC(C(=O)O)c1ccc(Br)c2cccnc12. The summed E-state index contributed by atoms with van der Waals surface area (Å²) in [6, 6.07) is 6.37. The zero-order valence-electron chi connectivity index (χ0n) is 9.93. The molecule has 1 aromatic heterocycles. The molecule has 1 unspecified atom stereocenters. The van der Waals surface area contributed by atoms with E-state index >= 15 is 0 Å². The van der Waals surface area contributed by atoms with Crippen LogP contribution >= 0.6 is 15.9 Å². The summed E-state index contributed by atoms with van der Waals surface area (Å²) in [4.78, 5) is 15.6. The van der Waals surface area contributed by atoms with Crippen LogP contribution in [0.2, 0.25) is 0 Å². The van der Waals surface area contributed by atoms with Crippen molar-refractivity contribution in [2.75, 3.05) is 6.54 Å². The van der Waals surface area contributed by atoms with Gasteiger partial charge in [-0.3, -0.25) is 15.1 Å². The number of benzene rings is 1. The Labute approximate surface area is 119 Å². The summed E-state index contributed by atoms with van der Waals surface area (Å²) in [5, 5.41) is 13.0. The minimum Gasteiger partial charge on any atom is -0.480 e. The van der Waals surface area contributed by atoms with Gasteiger partial charge in [0, 0.05) is 21.6 Å². The summed E-state index contributed by atoms with van der Waals surface area (Å²) >= 11 is 3.43. The number of aromatic nitrogens is 1. The molecule has 0 amide bonds. The van der Waals surface area contributed by atoms with Crippen LogP contribution < -0.4 is 5.32 Å². The minimum absolute atomic E-state index is 0.182. The monoisotopic (exact) mass is 318 g/mol. The van der Waals surface area contributed by atoms with E-state index in [1.165, 1.54) is 0 Å². The predicted octanol–water partition coefficient (Wildman–Crippen LogP) is 2.35. The Morgan fingerprint density at radius 2 is 2.32 bits per heavy atom. The Kier molecular flexibility index (Phi) is 4.15.